The number of ether oxygens (including phenoxy) is 2. The van der Waals surface area contributed by atoms with E-state index in [-0.39, 0.29) is 22.2 Å². The van der Waals surface area contributed by atoms with Gasteiger partial charge in [-0.25, -0.2) is 0 Å². The van der Waals surface area contributed by atoms with Crippen LogP contribution in [0, 0.1) is 10.1 Å². The van der Waals surface area contributed by atoms with Crippen LogP contribution in [0.25, 0.3) is 0 Å². The summed E-state index contributed by atoms with van der Waals surface area (Å²) in [6.07, 6.45) is 0. The summed E-state index contributed by atoms with van der Waals surface area (Å²) in [5.74, 6) is 0.501. The molecule has 9 nitrogen and oxygen atoms in total. The fraction of sp³-hybridized carbons (Fsp3) is 0.0909. The van der Waals surface area contributed by atoms with Crippen molar-refractivity contribution in [3.05, 3.63) is 88.5 Å². The van der Waals surface area contributed by atoms with Gasteiger partial charge in [-0.15, -0.1) is 0 Å². The highest BCUT2D eigenvalue weighted by molar-refractivity contribution is 7.80. The molecule has 0 saturated heterocycles. The molecule has 0 aliphatic heterocycles. The number of hydrogen-bond acceptors (Lipinski definition) is 7. The molecule has 0 radical (unpaired) electrons. The standard InChI is InChI=1S/C22H19N3O6S/c26-20-14-16(25(28)29)8-11-19(20)23-22(32)24-21(27)15-6-9-18(10-7-15)31-13-12-30-17-4-2-1-3-5-17/h1-11,14,26H,12-13H2,(H2,23,24,27,32). The molecule has 0 bridgehead atoms. The Bertz CT molecular complexity index is 1110. The molecule has 0 saturated carbocycles. The normalized spacial score (nSPS) is 10.1. The number of aromatic hydroxyl groups is 1. The second kappa shape index (κ2) is 10.7. The Morgan fingerprint density at radius 2 is 1.59 bits per heavy atom. The number of rotatable bonds is 8. The van der Waals surface area contributed by atoms with Gasteiger partial charge in [0, 0.05) is 11.6 Å². The molecule has 0 aromatic heterocycles. The van der Waals surface area contributed by atoms with Gasteiger partial charge in [0.25, 0.3) is 11.6 Å². The monoisotopic (exact) mass is 453 g/mol. The summed E-state index contributed by atoms with van der Waals surface area (Å²) < 4.78 is 11.1. The van der Waals surface area contributed by atoms with Gasteiger partial charge in [0.15, 0.2) is 5.11 Å². The highest BCUT2D eigenvalue weighted by Crippen LogP contribution is 2.27. The van der Waals surface area contributed by atoms with Crippen LogP contribution in [-0.2, 0) is 0 Å². The third-order valence-corrected chi connectivity index (χ3v) is 4.35. The van der Waals surface area contributed by atoms with Gasteiger partial charge < -0.3 is 19.9 Å². The summed E-state index contributed by atoms with van der Waals surface area (Å²) in [5, 5.41) is 25.6. The van der Waals surface area contributed by atoms with Gasteiger partial charge in [0.2, 0.25) is 0 Å². The minimum absolute atomic E-state index is 0.0717. The number of benzene rings is 3. The molecule has 3 rings (SSSR count). The third-order valence-electron chi connectivity index (χ3n) is 4.15. The number of nitro benzene ring substituents is 1. The Hall–Kier alpha value is -4.18. The molecule has 10 heteroatoms. The SMILES string of the molecule is O=C(NC(=S)Nc1ccc([N+](=O)[O-])cc1O)c1ccc(OCCOc2ccccc2)cc1. The van der Waals surface area contributed by atoms with Gasteiger partial charge in [-0.1, -0.05) is 18.2 Å². The van der Waals surface area contributed by atoms with Crippen molar-refractivity contribution in [2.45, 2.75) is 0 Å². The summed E-state index contributed by atoms with van der Waals surface area (Å²) in [6.45, 7) is 0.717. The van der Waals surface area contributed by atoms with E-state index < -0.39 is 10.8 Å². The van der Waals surface area contributed by atoms with E-state index in [0.717, 1.165) is 11.8 Å². The van der Waals surface area contributed by atoms with Crippen LogP contribution in [-0.4, -0.2) is 34.3 Å². The zero-order valence-electron chi connectivity index (χ0n) is 16.7. The number of phenolic OH excluding ortho intramolecular Hbond substituents is 1. The largest absolute Gasteiger partial charge is 0.506 e. The number of nitrogens with one attached hydrogen (secondary N) is 2. The number of amides is 1. The molecule has 0 heterocycles. The zero-order valence-corrected chi connectivity index (χ0v) is 17.5. The lowest BCUT2D eigenvalue weighted by Crippen LogP contribution is -2.34. The maximum atomic E-state index is 12.4. The Morgan fingerprint density at radius 3 is 2.19 bits per heavy atom. The fourth-order valence-electron chi connectivity index (χ4n) is 2.61. The Balaban J connectivity index is 1.46. The smallest absolute Gasteiger partial charge is 0.273 e. The van der Waals surface area contributed by atoms with Crippen LogP contribution in [0.1, 0.15) is 10.4 Å². The topological polar surface area (TPSA) is 123 Å². The maximum absolute atomic E-state index is 12.4. The average molecular weight is 453 g/mol. The summed E-state index contributed by atoms with van der Waals surface area (Å²) >= 11 is 5.07. The summed E-state index contributed by atoms with van der Waals surface area (Å²) in [6, 6.07) is 19.3. The molecule has 0 aliphatic carbocycles. The van der Waals surface area contributed by atoms with Gasteiger partial charge in [0.1, 0.15) is 30.5 Å². The lowest BCUT2D eigenvalue weighted by molar-refractivity contribution is -0.384. The second-order valence-electron chi connectivity index (χ2n) is 6.40. The third kappa shape index (κ3) is 6.41. The van der Waals surface area contributed by atoms with E-state index in [9.17, 15) is 20.0 Å². The predicted octanol–water partition coefficient (Wildman–Crippen LogP) is 3.89. The first-order chi connectivity index (χ1) is 15.4. The zero-order chi connectivity index (χ0) is 22.9. The number of nitro groups is 1. The van der Waals surface area contributed by atoms with Crippen molar-refractivity contribution in [1.82, 2.24) is 5.32 Å². The molecular formula is C22H19N3O6S. The van der Waals surface area contributed by atoms with Crippen molar-refractivity contribution in [1.29, 1.82) is 0 Å². The van der Waals surface area contributed by atoms with E-state index in [1.54, 1.807) is 24.3 Å². The number of hydrogen-bond donors (Lipinski definition) is 3. The van der Waals surface area contributed by atoms with E-state index in [1.165, 1.54) is 12.1 Å². The van der Waals surface area contributed by atoms with Crippen molar-refractivity contribution < 1.29 is 24.3 Å². The van der Waals surface area contributed by atoms with Crippen molar-refractivity contribution in [3.8, 4) is 17.2 Å². The first-order valence-electron chi connectivity index (χ1n) is 9.43. The lowest BCUT2D eigenvalue weighted by atomic mass is 10.2. The molecule has 32 heavy (non-hydrogen) atoms. The highest BCUT2D eigenvalue weighted by atomic mass is 32.1. The minimum atomic E-state index is -0.632. The Labute approximate surface area is 188 Å². The molecular weight excluding hydrogens is 434 g/mol. The number of thiocarbonyl (C=S) groups is 1. The van der Waals surface area contributed by atoms with Gasteiger partial charge in [-0.2, -0.15) is 0 Å². The summed E-state index contributed by atoms with van der Waals surface area (Å²) in [4.78, 5) is 22.4. The highest BCUT2D eigenvalue weighted by Gasteiger charge is 2.13. The molecule has 164 valence electrons. The van der Waals surface area contributed by atoms with E-state index in [0.29, 0.717) is 24.5 Å². The fourth-order valence-corrected chi connectivity index (χ4v) is 2.81. The summed E-state index contributed by atoms with van der Waals surface area (Å²) in [7, 11) is 0. The van der Waals surface area contributed by atoms with E-state index in [2.05, 4.69) is 10.6 Å². The minimum Gasteiger partial charge on any atom is -0.506 e. The van der Waals surface area contributed by atoms with E-state index >= 15 is 0 Å². The molecule has 0 spiro atoms. The van der Waals surface area contributed by atoms with Gasteiger partial charge in [-0.05, 0) is 54.7 Å². The number of para-hydroxylation sites is 1. The molecule has 3 aromatic carbocycles. The van der Waals surface area contributed by atoms with Crippen molar-refractivity contribution in [2.75, 3.05) is 18.5 Å². The lowest BCUT2D eigenvalue weighted by Gasteiger charge is -2.11. The predicted molar refractivity (Wildman–Crippen MR) is 122 cm³/mol. The second-order valence-corrected chi connectivity index (χ2v) is 6.81. The average Bonchev–Trinajstić information content (AvgIpc) is 2.79. The molecule has 0 fully saturated rings. The van der Waals surface area contributed by atoms with E-state index in [4.69, 9.17) is 21.7 Å². The Morgan fingerprint density at radius 1 is 0.969 bits per heavy atom. The number of carbonyl (C=O) groups is 1. The molecule has 3 aromatic rings. The van der Waals surface area contributed by atoms with Crippen LogP contribution in [0.5, 0.6) is 17.2 Å². The summed E-state index contributed by atoms with van der Waals surface area (Å²) in [5.41, 5.74) is 0.203. The number of anilines is 1. The van der Waals surface area contributed by atoms with E-state index in [1.807, 2.05) is 30.3 Å². The van der Waals surface area contributed by atoms with Gasteiger partial charge in [0.05, 0.1) is 16.7 Å². The first-order valence-corrected chi connectivity index (χ1v) is 9.83. The molecule has 0 unspecified atom stereocenters. The molecule has 1 amide bonds. The van der Waals surface area contributed by atoms with Crippen LogP contribution < -0.4 is 20.1 Å². The van der Waals surface area contributed by atoms with Crippen LogP contribution in [0.4, 0.5) is 11.4 Å². The number of nitrogens with zero attached hydrogens (tertiary/aromatic N) is 1. The molecule has 0 aliphatic rings. The van der Waals surface area contributed by atoms with Crippen LogP contribution in [0.15, 0.2) is 72.8 Å². The van der Waals surface area contributed by atoms with Crippen molar-refractivity contribution in [3.63, 3.8) is 0 Å². The van der Waals surface area contributed by atoms with Crippen LogP contribution >= 0.6 is 12.2 Å². The van der Waals surface area contributed by atoms with Crippen LogP contribution in [0.2, 0.25) is 0 Å². The van der Waals surface area contributed by atoms with Gasteiger partial charge >= 0.3 is 0 Å². The van der Waals surface area contributed by atoms with Gasteiger partial charge in [-0.3, -0.25) is 20.2 Å². The Kier molecular flexibility index (Phi) is 7.55. The number of phenols is 1. The molecule has 0 atom stereocenters. The first kappa shape index (κ1) is 22.5. The van der Waals surface area contributed by atoms with Crippen LogP contribution in [0.3, 0.4) is 0 Å². The van der Waals surface area contributed by atoms with Crippen molar-refractivity contribution in [2.24, 2.45) is 0 Å². The maximum Gasteiger partial charge on any atom is 0.273 e. The number of carbonyl (C=O) groups excluding carboxylic acids is 1. The number of non-ortho nitro benzene ring substituents is 1. The molecule has 3 N–H and O–H groups in total. The van der Waals surface area contributed by atoms with Crippen molar-refractivity contribution >= 4 is 34.6 Å². The quantitative estimate of drug-likeness (QED) is 0.154.